The maximum absolute atomic E-state index is 6.08. The molecule has 16 heavy (non-hydrogen) atoms. The summed E-state index contributed by atoms with van der Waals surface area (Å²) in [6, 6.07) is 8.62. The molecular weight excluding hydrogens is 200 g/mol. The van der Waals surface area contributed by atoms with Crippen molar-refractivity contribution in [1.82, 2.24) is 0 Å². The van der Waals surface area contributed by atoms with Crippen LogP contribution in [0.3, 0.4) is 0 Å². The normalized spacial score (nSPS) is 32.6. The lowest BCUT2D eigenvalue weighted by Crippen LogP contribution is -2.35. The molecule has 1 aliphatic carbocycles. The summed E-state index contributed by atoms with van der Waals surface area (Å²) in [7, 11) is 0. The lowest BCUT2D eigenvalue weighted by atomic mass is 10.0. The average molecular weight is 218 g/mol. The Labute approximate surface area is 96.6 Å². The molecule has 1 saturated heterocycles. The molecule has 1 fully saturated rings. The van der Waals surface area contributed by atoms with Gasteiger partial charge in [-0.2, -0.15) is 0 Å². The molecule has 0 amide bonds. The maximum Gasteiger partial charge on any atom is 0.160 e. The molecule has 2 aliphatic rings. The summed E-state index contributed by atoms with van der Waals surface area (Å²) in [6.45, 7) is 5.12. The lowest BCUT2D eigenvalue weighted by Gasteiger charge is -2.35. The van der Waals surface area contributed by atoms with Gasteiger partial charge >= 0.3 is 0 Å². The molecule has 3 atom stereocenters. The fourth-order valence-electron chi connectivity index (χ4n) is 2.72. The lowest BCUT2D eigenvalue weighted by molar-refractivity contribution is -0.251. The summed E-state index contributed by atoms with van der Waals surface area (Å²) in [5.74, 6) is 0.945. The molecule has 0 bridgehead atoms. The van der Waals surface area contributed by atoms with E-state index in [1.807, 2.05) is 0 Å². The van der Waals surface area contributed by atoms with E-state index in [4.69, 9.17) is 9.47 Å². The van der Waals surface area contributed by atoms with E-state index in [9.17, 15) is 0 Å². The summed E-state index contributed by atoms with van der Waals surface area (Å²) < 4.78 is 11.8. The number of rotatable bonds is 1. The molecule has 1 aromatic carbocycles. The molecule has 2 nitrogen and oxygen atoms in total. The van der Waals surface area contributed by atoms with Crippen molar-refractivity contribution in [2.45, 2.75) is 32.7 Å². The Morgan fingerprint density at radius 1 is 1.25 bits per heavy atom. The van der Waals surface area contributed by atoms with Gasteiger partial charge in [0.05, 0.1) is 12.7 Å². The van der Waals surface area contributed by atoms with Gasteiger partial charge in [-0.25, -0.2) is 0 Å². The van der Waals surface area contributed by atoms with E-state index in [1.165, 1.54) is 11.1 Å². The van der Waals surface area contributed by atoms with Crippen LogP contribution < -0.4 is 0 Å². The third kappa shape index (κ3) is 1.57. The van der Waals surface area contributed by atoms with E-state index >= 15 is 0 Å². The third-order valence-electron chi connectivity index (χ3n) is 3.57. The fraction of sp³-hybridized carbons (Fsp3) is 0.571. The maximum atomic E-state index is 6.08. The second-order valence-corrected chi connectivity index (χ2v) is 5.17. The van der Waals surface area contributed by atoms with Crippen molar-refractivity contribution in [2.24, 2.45) is 11.8 Å². The van der Waals surface area contributed by atoms with Gasteiger partial charge in [0.15, 0.2) is 6.29 Å². The number of hydrogen-bond donors (Lipinski definition) is 0. The Bertz CT molecular complexity index is 386. The van der Waals surface area contributed by atoms with E-state index in [0.29, 0.717) is 11.8 Å². The van der Waals surface area contributed by atoms with Crippen LogP contribution in [0.1, 0.15) is 31.1 Å². The molecule has 1 aromatic rings. The van der Waals surface area contributed by atoms with E-state index < -0.39 is 0 Å². The van der Waals surface area contributed by atoms with Gasteiger partial charge in [-0.1, -0.05) is 38.1 Å². The number of ether oxygens (including phenoxy) is 2. The fourth-order valence-corrected chi connectivity index (χ4v) is 2.72. The third-order valence-corrected chi connectivity index (χ3v) is 3.57. The van der Waals surface area contributed by atoms with E-state index in [2.05, 4.69) is 38.1 Å². The van der Waals surface area contributed by atoms with Crippen molar-refractivity contribution >= 4 is 0 Å². The van der Waals surface area contributed by atoms with Gasteiger partial charge in [-0.15, -0.1) is 0 Å². The van der Waals surface area contributed by atoms with Crippen LogP contribution in [0, 0.1) is 11.8 Å². The smallest absolute Gasteiger partial charge is 0.160 e. The van der Waals surface area contributed by atoms with E-state index in [1.54, 1.807) is 0 Å². The molecule has 1 heterocycles. The van der Waals surface area contributed by atoms with Gasteiger partial charge in [-0.05, 0) is 17.5 Å². The Kier molecular flexibility index (Phi) is 2.49. The van der Waals surface area contributed by atoms with Crippen LogP contribution in [0.2, 0.25) is 0 Å². The zero-order chi connectivity index (χ0) is 11.1. The zero-order valence-corrected chi connectivity index (χ0v) is 9.85. The molecule has 3 rings (SSSR count). The highest BCUT2D eigenvalue weighted by molar-refractivity contribution is 5.35. The van der Waals surface area contributed by atoms with Crippen molar-refractivity contribution in [3.05, 3.63) is 35.4 Å². The first-order chi connectivity index (χ1) is 7.75. The van der Waals surface area contributed by atoms with Gasteiger partial charge in [0.2, 0.25) is 0 Å². The number of hydrogen-bond acceptors (Lipinski definition) is 2. The molecule has 0 unspecified atom stereocenters. The largest absolute Gasteiger partial charge is 0.352 e. The summed E-state index contributed by atoms with van der Waals surface area (Å²) >= 11 is 0. The first-order valence-corrected chi connectivity index (χ1v) is 6.10. The molecular formula is C14H18O2. The first-order valence-electron chi connectivity index (χ1n) is 6.10. The molecule has 0 aromatic heterocycles. The topological polar surface area (TPSA) is 18.5 Å². The van der Waals surface area contributed by atoms with E-state index in [0.717, 1.165) is 13.0 Å². The minimum absolute atomic E-state index is 0.0348. The van der Waals surface area contributed by atoms with Crippen LogP contribution in [-0.2, 0) is 15.9 Å². The predicted molar refractivity (Wildman–Crippen MR) is 62.0 cm³/mol. The molecule has 0 radical (unpaired) electrons. The molecule has 1 aliphatic heterocycles. The van der Waals surface area contributed by atoms with Crippen LogP contribution in [-0.4, -0.2) is 12.9 Å². The number of fused-ring (bicyclic) bond motifs is 3. The van der Waals surface area contributed by atoms with Crippen LogP contribution in [0.25, 0.3) is 0 Å². The van der Waals surface area contributed by atoms with Gasteiger partial charge < -0.3 is 9.47 Å². The summed E-state index contributed by atoms with van der Waals surface area (Å²) in [4.78, 5) is 0. The second-order valence-electron chi connectivity index (χ2n) is 5.17. The highest BCUT2D eigenvalue weighted by Gasteiger charge is 2.39. The Hall–Kier alpha value is -0.860. The summed E-state index contributed by atoms with van der Waals surface area (Å²) in [5.41, 5.74) is 2.81. The number of benzene rings is 1. The standard InChI is InChI=1S/C14H18O2/c1-9(2)14-15-8-11-7-10-5-3-4-6-12(10)13(11)16-14/h3-6,9,11,13-14H,7-8H2,1-2H3/t11-,13-,14-/m1/s1. The van der Waals surface area contributed by atoms with Crippen molar-refractivity contribution in [3.63, 3.8) is 0 Å². The minimum atomic E-state index is -0.0348. The van der Waals surface area contributed by atoms with Gasteiger partial charge in [0.25, 0.3) is 0 Å². The van der Waals surface area contributed by atoms with Gasteiger partial charge in [0, 0.05) is 11.8 Å². The Morgan fingerprint density at radius 2 is 2.06 bits per heavy atom. The van der Waals surface area contributed by atoms with Crippen molar-refractivity contribution in [3.8, 4) is 0 Å². The highest BCUT2D eigenvalue weighted by atomic mass is 16.7. The summed E-state index contributed by atoms with van der Waals surface area (Å²) in [6.07, 6.45) is 1.33. The minimum Gasteiger partial charge on any atom is -0.352 e. The highest BCUT2D eigenvalue weighted by Crippen LogP contribution is 2.43. The molecule has 0 spiro atoms. The van der Waals surface area contributed by atoms with Crippen LogP contribution in [0.5, 0.6) is 0 Å². The van der Waals surface area contributed by atoms with Crippen LogP contribution in [0.4, 0.5) is 0 Å². The average Bonchev–Trinajstić information content (AvgIpc) is 2.66. The molecule has 0 saturated carbocycles. The monoisotopic (exact) mass is 218 g/mol. The molecule has 86 valence electrons. The first kappa shape index (κ1) is 10.3. The van der Waals surface area contributed by atoms with E-state index in [-0.39, 0.29) is 12.4 Å². The Balaban J connectivity index is 1.87. The van der Waals surface area contributed by atoms with Crippen molar-refractivity contribution in [2.75, 3.05) is 6.61 Å². The van der Waals surface area contributed by atoms with Gasteiger partial charge in [0.1, 0.15) is 0 Å². The SMILES string of the molecule is CC(C)[C@@H]1OC[C@H]2Cc3ccccc3[C@@H]2O1. The Morgan fingerprint density at radius 3 is 2.88 bits per heavy atom. The van der Waals surface area contributed by atoms with Crippen LogP contribution >= 0.6 is 0 Å². The van der Waals surface area contributed by atoms with Crippen molar-refractivity contribution in [1.29, 1.82) is 0 Å². The molecule has 2 heteroatoms. The zero-order valence-electron chi connectivity index (χ0n) is 9.85. The molecule has 0 N–H and O–H groups in total. The van der Waals surface area contributed by atoms with Crippen molar-refractivity contribution < 1.29 is 9.47 Å². The van der Waals surface area contributed by atoms with Crippen LogP contribution in [0.15, 0.2) is 24.3 Å². The quantitative estimate of drug-likeness (QED) is 0.721. The summed E-state index contributed by atoms with van der Waals surface area (Å²) in [5, 5.41) is 0. The second kappa shape index (κ2) is 3.86. The van der Waals surface area contributed by atoms with Gasteiger partial charge in [-0.3, -0.25) is 0 Å². The predicted octanol–water partition coefficient (Wildman–Crippen LogP) is 2.93.